The molecule has 0 saturated heterocycles. The molecule has 3 aromatic rings. The van der Waals surface area contributed by atoms with Gasteiger partial charge in [-0.15, -0.1) is 0 Å². The van der Waals surface area contributed by atoms with Gasteiger partial charge >= 0.3 is 6.09 Å². The summed E-state index contributed by atoms with van der Waals surface area (Å²) in [6, 6.07) is 22.7. The van der Waals surface area contributed by atoms with E-state index in [9.17, 15) is 9.90 Å². The van der Waals surface area contributed by atoms with Crippen molar-refractivity contribution >= 4 is 11.8 Å². The van der Waals surface area contributed by atoms with E-state index in [2.05, 4.69) is 5.32 Å². The third-order valence-corrected chi connectivity index (χ3v) is 3.96. The molecule has 0 bridgehead atoms. The second-order valence-corrected chi connectivity index (χ2v) is 7.27. The van der Waals surface area contributed by atoms with Crippen LogP contribution in [0.25, 0.3) is 22.3 Å². The molecule has 0 saturated carbocycles. The second-order valence-electron chi connectivity index (χ2n) is 7.27. The third-order valence-electron chi connectivity index (χ3n) is 3.96. The summed E-state index contributed by atoms with van der Waals surface area (Å²) in [6.07, 6.45) is -0.496. The van der Waals surface area contributed by atoms with Gasteiger partial charge in [0.2, 0.25) is 0 Å². The van der Waals surface area contributed by atoms with E-state index in [4.69, 9.17) is 4.74 Å². The number of hydrogen-bond acceptors (Lipinski definition) is 3. The molecule has 4 nitrogen and oxygen atoms in total. The van der Waals surface area contributed by atoms with E-state index in [0.29, 0.717) is 5.69 Å². The molecule has 0 fully saturated rings. The average molecular weight is 361 g/mol. The highest BCUT2D eigenvalue weighted by molar-refractivity contribution is 5.86. The minimum Gasteiger partial charge on any atom is -0.507 e. The first kappa shape index (κ1) is 18.5. The SMILES string of the molecule is CC(C)(C)OC(=O)Nc1ccc(-c2cccc(-c3ccccc3)c2O)cc1. The zero-order valence-corrected chi connectivity index (χ0v) is 15.7. The van der Waals surface area contributed by atoms with E-state index in [1.807, 2.05) is 81.4 Å². The van der Waals surface area contributed by atoms with Crippen LogP contribution < -0.4 is 5.32 Å². The smallest absolute Gasteiger partial charge is 0.412 e. The average Bonchev–Trinajstić information content (AvgIpc) is 2.62. The Morgan fingerprint density at radius 2 is 1.37 bits per heavy atom. The van der Waals surface area contributed by atoms with Crippen LogP contribution >= 0.6 is 0 Å². The molecular weight excluding hydrogens is 338 g/mol. The molecule has 0 heterocycles. The summed E-state index contributed by atoms with van der Waals surface area (Å²) in [5.74, 6) is 0.233. The van der Waals surface area contributed by atoms with Gasteiger partial charge in [0.1, 0.15) is 11.4 Å². The van der Waals surface area contributed by atoms with Gasteiger partial charge in [0, 0.05) is 16.8 Å². The van der Waals surface area contributed by atoms with Gasteiger partial charge < -0.3 is 9.84 Å². The van der Waals surface area contributed by atoms with Gasteiger partial charge in [-0.05, 0) is 44.0 Å². The summed E-state index contributed by atoms with van der Waals surface area (Å²) in [4.78, 5) is 11.9. The van der Waals surface area contributed by atoms with Gasteiger partial charge in [-0.25, -0.2) is 4.79 Å². The molecule has 138 valence electrons. The van der Waals surface area contributed by atoms with Crippen LogP contribution in [-0.2, 0) is 4.74 Å². The molecular formula is C23H23NO3. The Labute approximate surface area is 159 Å². The lowest BCUT2D eigenvalue weighted by molar-refractivity contribution is 0.0636. The summed E-state index contributed by atoms with van der Waals surface area (Å²) < 4.78 is 5.25. The molecule has 2 N–H and O–H groups in total. The number of nitrogens with one attached hydrogen (secondary N) is 1. The molecule has 1 amide bonds. The Morgan fingerprint density at radius 1 is 0.815 bits per heavy atom. The zero-order chi connectivity index (χ0) is 19.4. The minimum atomic E-state index is -0.548. The fourth-order valence-corrected chi connectivity index (χ4v) is 2.78. The van der Waals surface area contributed by atoms with E-state index >= 15 is 0 Å². The Morgan fingerprint density at radius 3 is 1.93 bits per heavy atom. The van der Waals surface area contributed by atoms with Crippen molar-refractivity contribution in [2.75, 3.05) is 5.32 Å². The Bertz CT molecular complexity index is 926. The fourth-order valence-electron chi connectivity index (χ4n) is 2.78. The van der Waals surface area contributed by atoms with Gasteiger partial charge in [0.25, 0.3) is 0 Å². The summed E-state index contributed by atoms with van der Waals surface area (Å²) in [5, 5.41) is 13.5. The topological polar surface area (TPSA) is 58.6 Å². The lowest BCUT2D eigenvalue weighted by Crippen LogP contribution is -2.27. The van der Waals surface area contributed by atoms with Crippen molar-refractivity contribution in [3.8, 4) is 28.0 Å². The maximum Gasteiger partial charge on any atom is 0.412 e. The normalized spacial score (nSPS) is 11.1. The highest BCUT2D eigenvalue weighted by Gasteiger charge is 2.16. The third kappa shape index (κ3) is 4.67. The number of rotatable bonds is 3. The highest BCUT2D eigenvalue weighted by Crippen LogP contribution is 2.38. The standard InChI is InChI=1S/C23H23NO3/c1-23(2,3)27-22(26)24-18-14-12-17(13-15-18)20-11-7-10-19(21(20)25)16-8-5-4-6-9-16/h4-15,25H,1-3H3,(H,24,26). The van der Waals surface area contributed by atoms with Gasteiger partial charge in [-0.1, -0.05) is 60.7 Å². The number of aromatic hydroxyl groups is 1. The number of anilines is 1. The van der Waals surface area contributed by atoms with Crippen molar-refractivity contribution in [1.82, 2.24) is 0 Å². The highest BCUT2D eigenvalue weighted by atomic mass is 16.6. The van der Waals surface area contributed by atoms with Crippen molar-refractivity contribution in [3.63, 3.8) is 0 Å². The van der Waals surface area contributed by atoms with E-state index in [0.717, 1.165) is 22.3 Å². The summed E-state index contributed by atoms with van der Waals surface area (Å²) in [6.45, 7) is 5.45. The van der Waals surface area contributed by atoms with Crippen LogP contribution in [-0.4, -0.2) is 16.8 Å². The first-order valence-electron chi connectivity index (χ1n) is 8.81. The van der Waals surface area contributed by atoms with Gasteiger partial charge in [0.15, 0.2) is 0 Å². The molecule has 0 aromatic heterocycles. The van der Waals surface area contributed by atoms with Crippen LogP contribution in [0.3, 0.4) is 0 Å². The van der Waals surface area contributed by atoms with Gasteiger partial charge in [0.05, 0.1) is 0 Å². The monoisotopic (exact) mass is 361 g/mol. The van der Waals surface area contributed by atoms with Crippen LogP contribution in [0.4, 0.5) is 10.5 Å². The number of hydrogen-bond donors (Lipinski definition) is 2. The van der Waals surface area contributed by atoms with E-state index < -0.39 is 11.7 Å². The fraction of sp³-hybridized carbons (Fsp3) is 0.174. The van der Waals surface area contributed by atoms with E-state index in [1.54, 1.807) is 12.1 Å². The molecule has 4 heteroatoms. The molecule has 0 aliphatic carbocycles. The first-order chi connectivity index (χ1) is 12.8. The molecule has 3 rings (SSSR count). The molecule has 0 spiro atoms. The van der Waals surface area contributed by atoms with Crippen LogP contribution in [0.5, 0.6) is 5.75 Å². The predicted molar refractivity (Wildman–Crippen MR) is 109 cm³/mol. The largest absolute Gasteiger partial charge is 0.507 e. The predicted octanol–water partition coefficient (Wildman–Crippen LogP) is 6.07. The number of ether oxygens (including phenoxy) is 1. The van der Waals surface area contributed by atoms with Crippen LogP contribution in [0.15, 0.2) is 72.8 Å². The zero-order valence-electron chi connectivity index (χ0n) is 15.7. The number of carbonyl (C=O) groups is 1. The van der Waals surface area contributed by atoms with E-state index in [-0.39, 0.29) is 5.75 Å². The Hall–Kier alpha value is -3.27. The minimum absolute atomic E-state index is 0.233. The number of amides is 1. The molecule has 0 aliphatic rings. The van der Waals surface area contributed by atoms with Crippen molar-refractivity contribution in [3.05, 3.63) is 72.8 Å². The lowest BCUT2D eigenvalue weighted by Gasteiger charge is -2.19. The quantitative estimate of drug-likeness (QED) is 0.595. The molecule has 0 aliphatic heterocycles. The summed E-state index contributed by atoms with van der Waals surface area (Å²) in [5.41, 5.74) is 3.42. The van der Waals surface area contributed by atoms with Crippen molar-refractivity contribution in [2.24, 2.45) is 0 Å². The molecule has 0 atom stereocenters. The van der Waals surface area contributed by atoms with Crippen LogP contribution in [0, 0.1) is 0 Å². The molecule has 0 unspecified atom stereocenters. The molecule has 0 radical (unpaired) electrons. The van der Waals surface area contributed by atoms with Crippen LogP contribution in [0.1, 0.15) is 20.8 Å². The molecule has 27 heavy (non-hydrogen) atoms. The van der Waals surface area contributed by atoms with Crippen LogP contribution in [0.2, 0.25) is 0 Å². The summed E-state index contributed by atoms with van der Waals surface area (Å²) in [7, 11) is 0. The maximum absolute atomic E-state index is 11.9. The molecule has 3 aromatic carbocycles. The number of phenolic OH excluding ortho intramolecular Hbond substituents is 1. The van der Waals surface area contributed by atoms with E-state index in [1.165, 1.54) is 0 Å². The number of benzene rings is 3. The van der Waals surface area contributed by atoms with Crippen molar-refractivity contribution in [2.45, 2.75) is 26.4 Å². The van der Waals surface area contributed by atoms with Gasteiger partial charge in [-0.2, -0.15) is 0 Å². The maximum atomic E-state index is 11.9. The van der Waals surface area contributed by atoms with Crippen molar-refractivity contribution in [1.29, 1.82) is 0 Å². The Balaban J connectivity index is 1.83. The lowest BCUT2D eigenvalue weighted by atomic mass is 9.97. The first-order valence-corrected chi connectivity index (χ1v) is 8.81. The van der Waals surface area contributed by atoms with Crippen molar-refractivity contribution < 1.29 is 14.6 Å². The number of phenols is 1. The number of carbonyl (C=O) groups excluding carboxylic acids is 1. The number of para-hydroxylation sites is 1. The van der Waals surface area contributed by atoms with Gasteiger partial charge in [-0.3, -0.25) is 5.32 Å². The summed E-state index contributed by atoms with van der Waals surface area (Å²) >= 11 is 0. The second kappa shape index (κ2) is 7.54. The Kier molecular flexibility index (Phi) is 5.17.